The molecule has 0 aliphatic carbocycles. The van der Waals surface area contributed by atoms with Crippen molar-refractivity contribution in [2.45, 2.75) is 128 Å². The number of hydrogen-bond donors (Lipinski definition) is 0. The van der Waals surface area contributed by atoms with Gasteiger partial charge in [-0.25, -0.2) is 13.6 Å². The third-order valence-electron chi connectivity index (χ3n) is 12.9. The Hall–Kier alpha value is -4.34. The Morgan fingerprint density at radius 1 is 1.00 bits per heavy atom. The first-order valence-corrected chi connectivity index (χ1v) is 23.4. The number of carbonyl (C=O) groups excluding carboxylic acids is 1. The molecule has 1 amide bonds. The zero-order valence-corrected chi connectivity index (χ0v) is 37.0. The number of alkyl halides is 1. The number of nitrogens with zero attached hydrogens (tertiary/aromatic N) is 6. The third-order valence-corrected chi connectivity index (χ3v) is 19.2. The largest absolute Gasteiger partial charge is 0.461 e. The van der Waals surface area contributed by atoms with Crippen molar-refractivity contribution in [3.8, 4) is 28.7 Å². The first-order chi connectivity index (χ1) is 27.4. The van der Waals surface area contributed by atoms with Crippen LogP contribution in [0.2, 0.25) is 16.6 Å². The Kier molecular flexibility index (Phi) is 11.5. The molecule has 3 aliphatic heterocycles. The predicted octanol–water partition coefficient (Wildman–Crippen LogP) is 9.95. The molecule has 3 aliphatic rings. The van der Waals surface area contributed by atoms with Crippen LogP contribution in [0.4, 0.5) is 19.4 Å². The highest BCUT2D eigenvalue weighted by Crippen LogP contribution is 2.43. The summed E-state index contributed by atoms with van der Waals surface area (Å²) in [6.07, 6.45) is 2.54. The van der Waals surface area contributed by atoms with Crippen molar-refractivity contribution in [3.63, 3.8) is 0 Å². The van der Waals surface area contributed by atoms with Gasteiger partial charge in [0.15, 0.2) is 5.82 Å². The van der Waals surface area contributed by atoms with Crippen molar-refractivity contribution < 1.29 is 23.0 Å². The van der Waals surface area contributed by atoms with Gasteiger partial charge < -0.3 is 19.3 Å². The van der Waals surface area contributed by atoms with Gasteiger partial charge in [-0.2, -0.15) is 9.97 Å². The van der Waals surface area contributed by atoms with Crippen molar-refractivity contribution >= 4 is 41.7 Å². The number of aromatic nitrogens is 3. The van der Waals surface area contributed by atoms with E-state index in [0.29, 0.717) is 66.0 Å². The Balaban J connectivity index is 1.33. The van der Waals surface area contributed by atoms with Crippen molar-refractivity contribution in [2.75, 3.05) is 44.2 Å². The molecule has 2 aromatic carbocycles. The minimum absolute atomic E-state index is 0.0330. The molecule has 0 bridgehead atoms. The molecule has 58 heavy (non-hydrogen) atoms. The van der Waals surface area contributed by atoms with E-state index < -0.39 is 31.2 Å². The molecule has 0 unspecified atom stereocenters. The van der Waals surface area contributed by atoms with Crippen LogP contribution in [-0.4, -0.2) is 102 Å². The summed E-state index contributed by atoms with van der Waals surface area (Å²) in [5.74, 6) is 3.53. The average molecular weight is 811 g/mol. The summed E-state index contributed by atoms with van der Waals surface area (Å²) in [4.78, 5) is 33.5. The number of benzene rings is 2. The second-order valence-electron chi connectivity index (χ2n) is 18.7. The first-order valence-electron chi connectivity index (χ1n) is 21.1. The van der Waals surface area contributed by atoms with E-state index in [2.05, 4.69) is 62.8 Å². The molecule has 0 radical (unpaired) electrons. The minimum atomic E-state index is -2.07. The molecule has 2 aromatic heterocycles. The van der Waals surface area contributed by atoms with Gasteiger partial charge in [-0.3, -0.25) is 9.88 Å². The SMILES string of the molecule is CC(C)[Si](C#Cc1cccc2cccc(-c3ncc4c(N5CCN(C(=O)OC(C)(C)C)C[C@@H]5C)nc(OC[C@@]56CCCN5C[C@H](F)C6)nc4c3F)c12)(C(C)C)C(C)C. The Morgan fingerprint density at radius 3 is 2.38 bits per heavy atom. The van der Waals surface area contributed by atoms with Crippen molar-refractivity contribution in [1.29, 1.82) is 0 Å². The quantitative estimate of drug-likeness (QED) is 0.129. The minimum Gasteiger partial charge on any atom is -0.461 e. The number of hydrogen-bond acceptors (Lipinski definition) is 8. The van der Waals surface area contributed by atoms with Gasteiger partial charge in [-0.1, -0.05) is 77.8 Å². The smallest absolute Gasteiger partial charge is 0.410 e. The van der Waals surface area contributed by atoms with Crippen molar-refractivity contribution in [1.82, 2.24) is 24.8 Å². The zero-order chi connectivity index (χ0) is 41.7. The fraction of sp³-hybridized carbons (Fsp3) is 0.565. The van der Waals surface area contributed by atoms with Gasteiger partial charge in [0.2, 0.25) is 0 Å². The maximum absolute atomic E-state index is 17.5. The van der Waals surface area contributed by atoms with E-state index >= 15 is 4.39 Å². The highest BCUT2D eigenvalue weighted by atomic mass is 28.3. The molecular formula is C46H60F2N6O3Si. The highest BCUT2D eigenvalue weighted by molar-refractivity contribution is 6.90. The van der Waals surface area contributed by atoms with E-state index in [1.807, 2.05) is 64.1 Å². The van der Waals surface area contributed by atoms with E-state index in [-0.39, 0.29) is 36.0 Å². The number of piperazine rings is 1. The fourth-order valence-corrected chi connectivity index (χ4v) is 15.4. The summed E-state index contributed by atoms with van der Waals surface area (Å²) in [7, 11) is -2.07. The van der Waals surface area contributed by atoms with Crippen LogP contribution in [0.5, 0.6) is 6.01 Å². The van der Waals surface area contributed by atoms with Crippen LogP contribution in [0.15, 0.2) is 42.6 Å². The summed E-state index contributed by atoms with van der Waals surface area (Å²) in [6, 6.07) is 11.8. The summed E-state index contributed by atoms with van der Waals surface area (Å²) in [6.45, 7) is 24.0. The summed E-state index contributed by atoms with van der Waals surface area (Å²) in [5, 5.41) is 2.24. The lowest BCUT2D eigenvalue weighted by atomic mass is 9.95. The molecule has 12 heteroatoms. The summed E-state index contributed by atoms with van der Waals surface area (Å²) < 4.78 is 44.3. The first kappa shape index (κ1) is 41.8. The number of anilines is 1. The maximum atomic E-state index is 17.5. The standard InChI is InChI=1S/C46H60F2N6O3Si/c1-29(2)58(30(3)4,31(5)6)23-18-34-15-11-14-33-16-12-17-36(38(33)34)40-39(48)41-37(25-49-40)42(54-22-21-52(26-32(54)7)44(55)57-45(8,9)10)51-43(50-41)56-28-46-19-13-20-53(46)27-35(47)24-46/h11-12,14-17,25,29-32,35H,13,19-22,24,26-28H2,1-10H3/t32-,35+,46-/m0/s1. The lowest BCUT2D eigenvalue weighted by molar-refractivity contribution is 0.0218. The number of amides is 1. The number of halogens is 2. The number of fused-ring (bicyclic) bond motifs is 3. The topological polar surface area (TPSA) is 83.9 Å². The van der Waals surface area contributed by atoms with E-state index in [1.54, 1.807) is 11.1 Å². The molecule has 4 aromatic rings. The molecule has 0 spiro atoms. The number of pyridine rings is 1. The molecule has 9 nitrogen and oxygen atoms in total. The van der Waals surface area contributed by atoms with Crippen molar-refractivity contribution in [3.05, 3.63) is 54.0 Å². The van der Waals surface area contributed by atoms with Crippen LogP contribution in [-0.2, 0) is 4.74 Å². The van der Waals surface area contributed by atoms with Crippen LogP contribution in [0.1, 0.15) is 94.1 Å². The van der Waals surface area contributed by atoms with Crippen LogP contribution in [0.3, 0.4) is 0 Å². The van der Waals surface area contributed by atoms with E-state index in [4.69, 9.17) is 24.4 Å². The molecule has 3 fully saturated rings. The molecule has 310 valence electrons. The normalized spacial score (nSPS) is 21.6. The second kappa shape index (κ2) is 16.0. The zero-order valence-electron chi connectivity index (χ0n) is 36.0. The molecule has 5 heterocycles. The van der Waals surface area contributed by atoms with E-state index in [0.717, 1.165) is 35.7 Å². The molecule has 7 rings (SSSR count). The number of ether oxygens (including phenoxy) is 2. The highest BCUT2D eigenvalue weighted by Gasteiger charge is 2.49. The summed E-state index contributed by atoms with van der Waals surface area (Å²) >= 11 is 0. The molecule has 3 saturated heterocycles. The van der Waals surface area contributed by atoms with Gasteiger partial charge >= 0.3 is 12.1 Å². The van der Waals surface area contributed by atoms with Gasteiger partial charge in [-0.05, 0) is 75.2 Å². The van der Waals surface area contributed by atoms with Gasteiger partial charge in [0.1, 0.15) is 43.5 Å². The maximum Gasteiger partial charge on any atom is 0.410 e. The van der Waals surface area contributed by atoms with Crippen LogP contribution in [0.25, 0.3) is 32.9 Å². The molecular weight excluding hydrogens is 751 g/mol. The Bertz CT molecular complexity index is 2220. The van der Waals surface area contributed by atoms with Gasteiger partial charge in [0.05, 0.1) is 10.9 Å². The molecule has 0 N–H and O–H groups in total. The Morgan fingerprint density at radius 2 is 1.71 bits per heavy atom. The van der Waals surface area contributed by atoms with Gasteiger partial charge in [0.25, 0.3) is 0 Å². The lowest BCUT2D eigenvalue weighted by Gasteiger charge is -2.41. The number of rotatable bonds is 8. The van der Waals surface area contributed by atoms with E-state index in [9.17, 15) is 9.18 Å². The monoisotopic (exact) mass is 810 g/mol. The van der Waals surface area contributed by atoms with Gasteiger partial charge in [-0.15, -0.1) is 5.54 Å². The van der Waals surface area contributed by atoms with Crippen molar-refractivity contribution in [2.24, 2.45) is 0 Å². The van der Waals surface area contributed by atoms with Crippen LogP contribution < -0.4 is 9.64 Å². The lowest BCUT2D eigenvalue weighted by Crippen LogP contribution is -2.55. The van der Waals surface area contributed by atoms with E-state index in [1.165, 1.54) is 0 Å². The predicted molar refractivity (Wildman–Crippen MR) is 231 cm³/mol. The van der Waals surface area contributed by atoms with Crippen LogP contribution >= 0.6 is 0 Å². The summed E-state index contributed by atoms with van der Waals surface area (Å²) in [5.41, 5.74) is 5.94. The molecule has 0 saturated carbocycles. The Labute approximate surface area is 343 Å². The third kappa shape index (κ3) is 7.76. The number of carbonyl (C=O) groups is 1. The molecule has 3 atom stereocenters. The van der Waals surface area contributed by atoms with Crippen LogP contribution in [0, 0.1) is 17.3 Å². The second-order valence-corrected chi connectivity index (χ2v) is 24.3. The fourth-order valence-electron chi connectivity index (χ4n) is 10.2. The average Bonchev–Trinajstić information content (AvgIpc) is 3.68. The van der Waals surface area contributed by atoms with Gasteiger partial charge in [0, 0.05) is 61.4 Å².